The fraction of sp³-hybridized carbons (Fsp3) is 0.500. The van der Waals surface area contributed by atoms with Crippen molar-refractivity contribution in [1.29, 1.82) is 5.26 Å². The Morgan fingerprint density at radius 2 is 1.84 bits per heavy atom. The maximum Gasteiger partial charge on any atom is 0.222 e. The molecule has 0 heterocycles. The number of amides is 1. The minimum absolute atomic E-state index is 0.0531. The molecule has 0 spiro atoms. The molecular formula is C16H22N2O. The van der Waals surface area contributed by atoms with E-state index in [1.807, 2.05) is 45.0 Å². The van der Waals surface area contributed by atoms with Crippen molar-refractivity contribution in [3.05, 3.63) is 35.4 Å². The zero-order chi connectivity index (χ0) is 14.6. The van der Waals surface area contributed by atoms with Crippen LogP contribution in [0.1, 0.15) is 37.3 Å². The highest BCUT2D eigenvalue weighted by atomic mass is 16.2. The Bertz CT molecular complexity index is 480. The lowest BCUT2D eigenvalue weighted by Gasteiger charge is -2.30. The maximum absolute atomic E-state index is 11.9. The number of rotatable bonds is 4. The van der Waals surface area contributed by atoms with Crippen molar-refractivity contribution in [2.45, 2.75) is 33.1 Å². The van der Waals surface area contributed by atoms with Crippen molar-refractivity contribution in [2.75, 3.05) is 14.1 Å². The summed E-state index contributed by atoms with van der Waals surface area (Å²) in [7, 11) is 3.48. The summed E-state index contributed by atoms with van der Waals surface area (Å²) in [5.74, 6) is -0.227. The Morgan fingerprint density at radius 1 is 1.32 bits per heavy atom. The molecule has 3 heteroatoms. The summed E-state index contributed by atoms with van der Waals surface area (Å²) < 4.78 is 0. The van der Waals surface area contributed by atoms with Gasteiger partial charge in [0.25, 0.3) is 0 Å². The van der Waals surface area contributed by atoms with Crippen LogP contribution in [0.5, 0.6) is 0 Å². The van der Waals surface area contributed by atoms with Crippen LogP contribution < -0.4 is 0 Å². The fourth-order valence-electron chi connectivity index (χ4n) is 2.11. The third-order valence-electron chi connectivity index (χ3n) is 3.43. The Kier molecular flexibility index (Phi) is 4.72. The molecule has 0 N–H and O–H groups in total. The lowest BCUT2D eigenvalue weighted by Crippen LogP contribution is -2.31. The van der Waals surface area contributed by atoms with Gasteiger partial charge in [0.15, 0.2) is 0 Å². The quantitative estimate of drug-likeness (QED) is 0.833. The van der Waals surface area contributed by atoms with E-state index in [1.54, 1.807) is 19.0 Å². The van der Waals surface area contributed by atoms with Gasteiger partial charge in [0.2, 0.25) is 5.91 Å². The number of carbonyl (C=O) groups is 1. The highest BCUT2D eigenvalue weighted by Crippen LogP contribution is 2.38. The van der Waals surface area contributed by atoms with Crippen LogP contribution in [-0.4, -0.2) is 24.9 Å². The standard InChI is InChI=1S/C16H22N2O/c1-12-6-8-13(9-7-12)14(11-17)16(2,3)10-15(19)18(4)5/h6-9,14H,10H2,1-5H3. The van der Waals surface area contributed by atoms with E-state index >= 15 is 0 Å². The molecule has 1 atom stereocenters. The van der Waals surface area contributed by atoms with Crippen LogP contribution in [-0.2, 0) is 4.79 Å². The van der Waals surface area contributed by atoms with Gasteiger partial charge in [-0.1, -0.05) is 43.7 Å². The van der Waals surface area contributed by atoms with Gasteiger partial charge in [0, 0.05) is 20.5 Å². The molecule has 1 amide bonds. The highest BCUT2D eigenvalue weighted by molar-refractivity contribution is 5.76. The number of hydrogen-bond donors (Lipinski definition) is 0. The van der Waals surface area contributed by atoms with Crippen LogP contribution in [0.15, 0.2) is 24.3 Å². The third kappa shape index (κ3) is 3.82. The number of hydrogen-bond acceptors (Lipinski definition) is 2. The van der Waals surface area contributed by atoms with Gasteiger partial charge >= 0.3 is 0 Å². The SMILES string of the molecule is Cc1ccc(C(C#N)C(C)(C)CC(=O)N(C)C)cc1. The molecule has 1 unspecified atom stereocenters. The van der Waals surface area contributed by atoms with Gasteiger partial charge in [0.1, 0.15) is 0 Å². The average Bonchev–Trinajstić information content (AvgIpc) is 2.31. The van der Waals surface area contributed by atoms with Crippen molar-refractivity contribution < 1.29 is 4.79 Å². The maximum atomic E-state index is 11.9. The monoisotopic (exact) mass is 258 g/mol. The molecule has 1 aromatic carbocycles. The molecule has 1 aromatic rings. The van der Waals surface area contributed by atoms with Crippen molar-refractivity contribution in [2.24, 2.45) is 5.41 Å². The minimum atomic E-state index is -0.384. The first-order chi connectivity index (χ1) is 8.77. The van der Waals surface area contributed by atoms with Gasteiger partial charge in [-0.05, 0) is 17.9 Å². The predicted molar refractivity (Wildman–Crippen MR) is 76.6 cm³/mol. The van der Waals surface area contributed by atoms with E-state index in [0.717, 1.165) is 5.56 Å². The van der Waals surface area contributed by atoms with Crippen LogP contribution >= 0.6 is 0 Å². The number of benzene rings is 1. The lowest BCUT2D eigenvalue weighted by molar-refractivity contribution is -0.130. The molecule has 0 radical (unpaired) electrons. The van der Waals surface area contributed by atoms with Crippen molar-refractivity contribution in [1.82, 2.24) is 4.90 Å². The van der Waals surface area contributed by atoms with Crippen LogP contribution in [0, 0.1) is 23.7 Å². The van der Waals surface area contributed by atoms with Gasteiger partial charge in [0.05, 0.1) is 12.0 Å². The van der Waals surface area contributed by atoms with Crippen LogP contribution in [0.4, 0.5) is 0 Å². The second-order valence-electron chi connectivity index (χ2n) is 5.93. The molecule has 102 valence electrons. The molecule has 19 heavy (non-hydrogen) atoms. The molecule has 0 aliphatic heterocycles. The first-order valence-electron chi connectivity index (χ1n) is 6.44. The van der Waals surface area contributed by atoms with Crippen LogP contribution in [0.3, 0.4) is 0 Å². The van der Waals surface area contributed by atoms with Gasteiger partial charge in [-0.25, -0.2) is 0 Å². The van der Waals surface area contributed by atoms with E-state index < -0.39 is 0 Å². The molecule has 0 saturated carbocycles. The van der Waals surface area contributed by atoms with E-state index in [0.29, 0.717) is 6.42 Å². The molecule has 0 bridgehead atoms. The number of nitrogens with zero attached hydrogens (tertiary/aromatic N) is 2. The molecule has 0 aromatic heterocycles. The summed E-state index contributed by atoms with van der Waals surface area (Å²) >= 11 is 0. The van der Waals surface area contributed by atoms with Crippen LogP contribution in [0.2, 0.25) is 0 Å². The molecule has 1 rings (SSSR count). The smallest absolute Gasteiger partial charge is 0.222 e. The first-order valence-corrected chi connectivity index (χ1v) is 6.44. The summed E-state index contributed by atoms with van der Waals surface area (Å²) in [6.45, 7) is 5.97. The normalized spacial score (nSPS) is 12.6. The van der Waals surface area contributed by atoms with Gasteiger partial charge < -0.3 is 4.90 Å². The molecule has 3 nitrogen and oxygen atoms in total. The van der Waals surface area contributed by atoms with Crippen molar-refractivity contribution >= 4 is 5.91 Å². The fourth-order valence-corrected chi connectivity index (χ4v) is 2.11. The second-order valence-corrected chi connectivity index (χ2v) is 5.93. The van der Waals surface area contributed by atoms with Gasteiger partial charge in [-0.2, -0.15) is 5.26 Å². The number of aryl methyl sites for hydroxylation is 1. The minimum Gasteiger partial charge on any atom is -0.349 e. The summed E-state index contributed by atoms with van der Waals surface area (Å²) in [5.41, 5.74) is 1.76. The topological polar surface area (TPSA) is 44.1 Å². The molecule has 0 aliphatic rings. The van der Waals surface area contributed by atoms with Gasteiger partial charge in [-0.3, -0.25) is 4.79 Å². The largest absolute Gasteiger partial charge is 0.349 e. The Morgan fingerprint density at radius 3 is 2.26 bits per heavy atom. The predicted octanol–water partition coefficient (Wildman–Crippen LogP) is 3.11. The highest BCUT2D eigenvalue weighted by Gasteiger charge is 2.33. The van der Waals surface area contributed by atoms with E-state index in [4.69, 9.17) is 0 Å². The Balaban J connectivity index is 2.99. The average molecular weight is 258 g/mol. The summed E-state index contributed by atoms with van der Waals surface area (Å²) in [6, 6.07) is 10.3. The molecule has 0 fully saturated rings. The van der Waals surface area contributed by atoms with Crippen LogP contribution in [0.25, 0.3) is 0 Å². The molecule has 0 aliphatic carbocycles. The molecule has 0 saturated heterocycles. The van der Waals surface area contributed by atoms with E-state index in [2.05, 4.69) is 6.07 Å². The van der Waals surface area contributed by atoms with E-state index in [1.165, 1.54) is 5.56 Å². The second kappa shape index (κ2) is 5.88. The zero-order valence-corrected chi connectivity index (χ0v) is 12.4. The summed E-state index contributed by atoms with van der Waals surface area (Å²) in [5, 5.41) is 9.46. The van der Waals surface area contributed by atoms with Crippen molar-refractivity contribution in [3.8, 4) is 6.07 Å². The summed E-state index contributed by atoms with van der Waals surface area (Å²) in [4.78, 5) is 13.5. The Hall–Kier alpha value is -1.82. The third-order valence-corrected chi connectivity index (χ3v) is 3.43. The number of carbonyl (C=O) groups excluding carboxylic acids is 1. The Labute approximate surface area is 115 Å². The summed E-state index contributed by atoms with van der Waals surface area (Å²) in [6.07, 6.45) is 0.367. The number of nitriles is 1. The lowest BCUT2D eigenvalue weighted by atomic mass is 9.73. The van der Waals surface area contributed by atoms with E-state index in [9.17, 15) is 10.1 Å². The first kappa shape index (κ1) is 15.2. The van der Waals surface area contributed by atoms with E-state index in [-0.39, 0.29) is 17.2 Å². The van der Waals surface area contributed by atoms with Gasteiger partial charge in [-0.15, -0.1) is 0 Å². The van der Waals surface area contributed by atoms with Crippen molar-refractivity contribution in [3.63, 3.8) is 0 Å². The molecular weight excluding hydrogens is 236 g/mol. The zero-order valence-electron chi connectivity index (χ0n) is 12.4.